The summed E-state index contributed by atoms with van der Waals surface area (Å²) in [4.78, 5) is 16.9. The van der Waals surface area contributed by atoms with Gasteiger partial charge in [0.15, 0.2) is 0 Å². The van der Waals surface area contributed by atoms with Crippen LogP contribution in [0.25, 0.3) is 10.9 Å². The van der Waals surface area contributed by atoms with Crippen molar-refractivity contribution >= 4 is 26.8 Å². The second-order valence-corrected chi connectivity index (χ2v) is 9.72. The molecule has 2 unspecified atom stereocenters. The highest BCUT2D eigenvalue weighted by molar-refractivity contribution is 7.89. The molecule has 2 N–H and O–H groups in total. The van der Waals surface area contributed by atoms with Crippen molar-refractivity contribution in [2.24, 2.45) is 0 Å². The van der Waals surface area contributed by atoms with Crippen molar-refractivity contribution in [2.75, 3.05) is 26.2 Å². The zero-order chi connectivity index (χ0) is 19.6. The van der Waals surface area contributed by atoms with Crippen molar-refractivity contribution in [1.82, 2.24) is 19.9 Å². The summed E-state index contributed by atoms with van der Waals surface area (Å²) in [6, 6.07) is 9.52. The maximum Gasteiger partial charge on any atom is 0.237 e. The smallest absolute Gasteiger partial charge is 0.237 e. The second kappa shape index (κ2) is 8.14. The van der Waals surface area contributed by atoms with Crippen LogP contribution in [0.3, 0.4) is 0 Å². The maximum atomic E-state index is 12.7. The number of benzene rings is 1. The molecule has 28 heavy (non-hydrogen) atoms. The van der Waals surface area contributed by atoms with E-state index in [1.165, 1.54) is 0 Å². The molecule has 1 aromatic heterocycles. The van der Waals surface area contributed by atoms with Gasteiger partial charge in [0.05, 0.1) is 16.8 Å². The van der Waals surface area contributed by atoms with Crippen molar-refractivity contribution in [1.29, 1.82) is 0 Å². The van der Waals surface area contributed by atoms with Gasteiger partial charge in [0.1, 0.15) is 0 Å². The Morgan fingerprint density at radius 2 is 2.00 bits per heavy atom. The van der Waals surface area contributed by atoms with Crippen molar-refractivity contribution in [2.45, 2.75) is 37.0 Å². The first-order chi connectivity index (χ1) is 13.6. The van der Waals surface area contributed by atoms with E-state index in [1.807, 2.05) is 30.3 Å². The van der Waals surface area contributed by atoms with Gasteiger partial charge in [-0.2, -0.15) is 0 Å². The molecule has 0 bridgehead atoms. The van der Waals surface area contributed by atoms with Gasteiger partial charge in [0, 0.05) is 37.8 Å². The van der Waals surface area contributed by atoms with E-state index in [1.54, 1.807) is 10.5 Å². The summed E-state index contributed by atoms with van der Waals surface area (Å²) in [5.74, 6) is -0.132. The van der Waals surface area contributed by atoms with Gasteiger partial charge in [-0.3, -0.25) is 9.78 Å². The molecule has 4 rings (SSSR count). The summed E-state index contributed by atoms with van der Waals surface area (Å²) in [5.41, 5.74) is 2.04. The molecular formula is C20H26N4O3S. The molecule has 2 aromatic rings. The minimum atomic E-state index is -3.31. The van der Waals surface area contributed by atoms with Crippen molar-refractivity contribution < 1.29 is 13.2 Å². The number of nitrogens with zero attached hydrogens (tertiary/aromatic N) is 2. The van der Waals surface area contributed by atoms with Crippen LogP contribution in [0.2, 0.25) is 0 Å². The van der Waals surface area contributed by atoms with Gasteiger partial charge in [-0.15, -0.1) is 0 Å². The summed E-state index contributed by atoms with van der Waals surface area (Å²) >= 11 is 0. The van der Waals surface area contributed by atoms with E-state index in [0.29, 0.717) is 39.0 Å². The number of pyridine rings is 1. The number of nitrogens with one attached hydrogen (secondary N) is 2. The van der Waals surface area contributed by atoms with Gasteiger partial charge in [-0.05, 0) is 37.3 Å². The van der Waals surface area contributed by atoms with E-state index >= 15 is 0 Å². The molecule has 0 aliphatic carbocycles. The molecule has 2 atom stereocenters. The topological polar surface area (TPSA) is 91.4 Å². The third-order valence-electron chi connectivity index (χ3n) is 5.66. The summed E-state index contributed by atoms with van der Waals surface area (Å²) < 4.78 is 26.9. The first-order valence-corrected chi connectivity index (χ1v) is 11.4. The molecule has 0 saturated carbocycles. The normalized spacial score (nSPS) is 23.3. The zero-order valence-electron chi connectivity index (χ0n) is 15.8. The number of carbonyl (C=O) groups excluding carboxylic acids is 1. The summed E-state index contributed by atoms with van der Waals surface area (Å²) in [5, 5.41) is 6.60. The van der Waals surface area contributed by atoms with Crippen LogP contribution in [0.4, 0.5) is 0 Å². The Morgan fingerprint density at radius 1 is 1.21 bits per heavy atom. The van der Waals surface area contributed by atoms with Gasteiger partial charge in [-0.25, -0.2) is 12.7 Å². The van der Waals surface area contributed by atoms with Gasteiger partial charge in [-0.1, -0.05) is 24.3 Å². The third-order valence-corrected chi connectivity index (χ3v) is 7.95. The quantitative estimate of drug-likeness (QED) is 0.754. The number of carbonyl (C=O) groups is 1. The standard InChI is InChI=1S/C20H26N4O3S/c25-20(18-13-17(14-23-18)28(26,27)24-11-1-2-12-24)22-10-8-16-6-3-5-15-7-4-9-21-19(15)16/h3-7,9,17-18,23H,1-2,8,10-14H2,(H,22,25). The summed E-state index contributed by atoms with van der Waals surface area (Å²) in [7, 11) is -3.31. The van der Waals surface area contributed by atoms with Gasteiger partial charge < -0.3 is 10.6 Å². The Balaban J connectivity index is 1.31. The van der Waals surface area contributed by atoms with Crippen molar-refractivity contribution in [3.8, 4) is 0 Å². The number of hydrogen-bond acceptors (Lipinski definition) is 5. The second-order valence-electron chi connectivity index (χ2n) is 7.50. The highest BCUT2D eigenvalue weighted by Gasteiger charge is 2.40. The molecule has 0 spiro atoms. The predicted molar refractivity (Wildman–Crippen MR) is 108 cm³/mol. The molecule has 8 heteroatoms. The highest BCUT2D eigenvalue weighted by atomic mass is 32.2. The molecule has 7 nitrogen and oxygen atoms in total. The molecule has 2 aliphatic heterocycles. The maximum absolute atomic E-state index is 12.7. The minimum absolute atomic E-state index is 0.132. The fourth-order valence-corrected chi connectivity index (χ4v) is 6.03. The zero-order valence-corrected chi connectivity index (χ0v) is 16.6. The first kappa shape index (κ1) is 19.3. The lowest BCUT2D eigenvalue weighted by Gasteiger charge is -2.20. The average molecular weight is 403 g/mol. The molecule has 2 aliphatic rings. The van der Waals surface area contributed by atoms with Crippen LogP contribution in [0.5, 0.6) is 0 Å². The Kier molecular flexibility index (Phi) is 5.61. The van der Waals surface area contributed by atoms with Crippen LogP contribution < -0.4 is 10.6 Å². The van der Waals surface area contributed by atoms with Crippen LogP contribution >= 0.6 is 0 Å². The Bertz CT molecular complexity index is 952. The number of amides is 1. The summed E-state index contributed by atoms with van der Waals surface area (Å²) in [6.07, 6.45) is 4.63. The number of rotatable bonds is 6. The number of para-hydroxylation sites is 1. The SMILES string of the molecule is O=C(NCCc1cccc2cccnc12)C1CC(S(=O)(=O)N2CCCC2)CN1. The van der Waals surface area contributed by atoms with Gasteiger partial charge >= 0.3 is 0 Å². The van der Waals surface area contributed by atoms with E-state index in [4.69, 9.17) is 0 Å². The fourth-order valence-electron chi connectivity index (χ4n) is 4.10. The Morgan fingerprint density at radius 3 is 2.82 bits per heavy atom. The van der Waals surface area contributed by atoms with Gasteiger partial charge in [0.2, 0.25) is 15.9 Å². The van der Waals surface area contributed by atoms with E-state index in [0.717, 1.165) is 29.3 Å². The predicted octanol–water partition coefficient (Wildman–Crippen LogP) is 1.05. The Hall–Kier alpha value is -2.03. The number of fused-ring (bicyclic) bond motifs is 1. The van der Waals surface area contributed by atoms with Crippen molar-refractivity contribution in [3.05, 3.63) is 42.1 Å². The molecule has 2 fully saturated rings. The lowest BCUT2D eigenvalue weighted by Crippen LogP contribution is -2.41. The van der Waals surface area contributed by atoms with E-state index < -0.39 is 21.3 Å². The lowest BCUT2D eigenvalue weighted by atomic mass is 10.1. The molecule has 150 valence electrons. The summed E-state index contributed by atoms with van der Waals surface area (Å²) in [6.45, 7) is 2.05. The van der Waals surface area contributed by atoms with Crippen LogP contribution in [0, 0.1) is 0 Å². The molecule has 1 aromatic carbocycles. The molecule has 0 radical (unpaired) electrons. The van der Waals surface area contributed by atoms with Crippen molar-refractivity contribution in [3.63, 3.8) is 0 Å². The largest absolute Gasteiger partial charge is 0.354 e. The lowest BCUT2D eigenvalue weighted by molar-refractivity contribution is -0.122. The monoisotopic (exact) mass is 402 g/mol. The molecule has 1 amide bonds. The van der Waals surface area contributed by atoms with E-state index in [2.05, 4.69) is 15.6 Å². The Labute approximate surface area is 165 Å². The van der Waals surface area contributed by atoms with Crippen LogP contribution in [0.15, 0.2) is 36.5 Å². The van der Waals surface area contributed by atoms with Crippen LogP contribution in [0.1, 0.15) is 24.8 Å². The van der Waals surface area contributed by atoms with Gasteiger partial charge in [0.25, 0.3) is 0 Å². The minimum Gasteiger partial charge on any atom is -0.354 e. The fraction of sp³-hybridized carbons (Fsp3) is 0.500. The molecule has 3 heterocycles. The number of sulfonamides is 1. The number of aromatic nitrogens is 1. The molecule has 2 saturated heterocycles. The first-order valence-electron chi connectivity index (χ1n) is 9.88. The van der Waals surface area contributed by atoms with E-state index in [9.17, 15) is 13.2 Å². The molecular weight excluding hydrogens is 376 g/mol. The van der Waals surface area contributed by atoms with E-state index in [-0.39, 0.29) is 5.91 Å². The van der Waals surface area contributed by atoms with Crippen LogP contribution in [-0.4, -0.2) is 61.1 Å². The average Bonchev–Trinajstić information content (AvgIpc) is 3.41. The highest BCUT2D eigenvalue weighted by Crippen LogP contribution is 2.23. The van der Waals surface area contributed by atoms with Crippen LogP contribution in [-0.2, 0) is 21.2 Å². The number of hydrogen-bond donors (Lipinski definition) is 2. The third kappa shape index (κ3) is 3.90.